The van der Waals surface area contributed by atoms with Gasteiger partial charge in [0.05, 0.1) is 13.2 Å². The molecule has 0 heterocycles. The summed E-state index contributed by atoms with van der Waals surface area (Å²) in [6.45, 7) is 10.4. The Morgan fingerprint density at radius 3 is 2.06 bits per heavy atom. The van der Waals surface area contributed by atoms with E-state index >= 15 is 0 Å². The zero-order chi connectivity index (χ0) is 13.8. The summed E-state index contributed by atoms with van der Waals surface area (Å²) < 4.78 is 21.5. The van der Waals surface area contributed by atoms with E-state index in [2.05, 4.69) is 11.8 Å². The molecule has 5 nitrogen and oxygen atoms in total. The SMILES string of the molecule is CCOC(CN(CCOC)C(C)COC)OCC. The van der Waals surface area contributed by atoms with Gasteiger partial charge in [0.25, 0.3) is 0 Å². The van der Waals surface area contributed by atoms with E-state index in [-0.39, 0.29) is 6.29 Å². The summed E-state index contributed by atoms with van der Waals surface area (Å²) in [5.74, 6) is 0. The Morgan fingerprint density at radius 2 is 1.61 bits per heavy atom. The summed E-state index contributed by atoms with van der Waals surface area (Å²) in [5.41, 5.74) is 0. The highest BCUT2D eigenvalue weighted by Crippen LogP contribution is 2.05. The molecule has 0 aliphatic heterocycles. The van der Waals surface area contributed by atoms with Crippen molar-refractivity contribution in [3.05, 3.63) is 0 Å². The first-order valence-electron chi connectivity index (χ1n) is 6.64. The van der Waals surface area contributed by atoms with Crippen molar-refractivity contribution in [1.82, 2.24) is 4.90 Å². The summed E-state index contributed by atoms with van der Waals surface area (Å²) in [6.07, 6.45) is -0.184. The van der Waals surface area contributed by atoms with Crippen LogP contribution in [-0.4, -0.2) is 71.0 Å². The van der Waals surface area contributed by atoms with Crippen molar-refractivity contribution in [3.63, 3.8) is 0 Å². The fourth-order valence-corrected chi connectivity index (χ4v) is 1.76. The zero-order valence-electron chi connectivity index (χ0n) is 12.5. The highest BCUT2D eigenvalue weighted by molar-refractivity contribution is 4.68. The maximum Gasteiger partial charge on any atom is 0.170 e. The first-order chi connectivity index (χ1) is 8.69. The van der Waals surface area contributed by atoms with Crippen LogP contribution in [0.2, 0.25) is 0 Å². The van der Waals surface area contributed by atoms with Crippen LogP contribution in [-0.2, 0) is 18.9 Å². The molecular weight excluding hydrogens is 234 g/mol. The first kappa shape index (κ1) is 17.8. The molecule has 18 heavy (non-hydrogen) atoms. The molecule has 0 rings (SSSR count). The quantitative estimate of drug-likeness (QED) is 0.497. The van der Waals surface area contributed by atoms with Gasteiger partial charge in [-0.1, -0.05) is 0 Å². The lowest BCUT2D eigenvalue weighted by Gasteiger charge is -2.31. The molecule has 0 N–H and O–H groups in total. The molecule has 0 saturated carbocycles. The van der Waals surface area contributed by atoms with E-state index in [0.29, 0.717) is 32.5 Å². The van der Waals surface area contributed by atoms with Gasteiger partial charge in [-0.25, -0.2) is 0 Å². The molecule has 0 aromatic rings. The van der Waals surface area contributed by atoms with Crippen molar-refractivity contribution >= 4 is 0 Å². The topological polar surface area (TPSA) is 40.2 Å². The van der Waals surface area contributed by atoms with Crippen molar-refractivity contribution in [2.75, 3.05) is 53.7 Å². The number of hydrogen-bond acceptors (Lipinski definition) is 5. The van der Waals surface area contributed by atoms with Gasteiger partial charge in [-0.05, 0) is 20.8 Å². The van der Waals surface area contributed by atoms with Crippen LogP contribution in [0.3, 0.4) is 0 Å². The summed E-state index contributed by atoms with van der Waals surface area (Å²) in [4.78, 5) is 2.27. The lowest BCUT2D eigenvalue weighted by Crippen LogP contribution is -2.44. The van der Waals surface area contributed by atoms with Gasteiger partial charge in [0.15, 0.2) is 6.29 Å². The lowest BCUT2D eigenvalue weighted by molar-refractivity contribution is -0.152. The van der Waals surface area contributed by atoms with Gasteiger partial charge in [0.1, 0.15) is 0 Å². The number of methoxy groups -OCH3 is 2. The molecule has 1 atom stereocenters. The van der Waals surface area contributed by atoms with Crippen LogP contribution >= 0.6 is 0 Å². The molecule has 0 bridgehead atoms. The van der Waals surface area contributed by atoms with E-state index in [1.54, 1.807) is 14.2 Å². The third-order valence-corrected chi connectivity index (χ3v) is 2.70. The van der Waals surface area contributed by atoms with E-state index in [1.807, 2.05) is 13.8 Å². The van der Waals surface area contributed by atoms with Crippen molar-refractivity contribution in [2.24, 2.45) is 0 Å². The molecule has 0 spiro atoms. The smallest absolute Gasteiger partial charge is 0.170 e. The van der Waals surface area contributed by atoms with Crippen LogP contribution in [0.5, 0.6) is 0 Å². The van der Waals surface area contributed by atoms with Crippen molar-refractivity contribution < 1.29 is 18.9 Å². The van der Waals surface area contributed by atoms with Gasteiger partial charge >= 0.3 is 0 Å². The molecule has 1 unspecified atom stereocenters. The van der Waals surface area contributed by atoms with Crippen LogP contribution < -0.4 is 0 Å². The standard InChI is InChI=1S/C13H29NO4/c1-6-17-13(18-7-2)10-14(8-9-15-4)12(3)11-16-5/h12-13H,6-11H2,1-5H3. The maximum absolute atomic E-state index is 5.58. The predicted molar refractivity (Wildman–Crippen MR) is 71.8 cm³/mol. The fourth-order valence-electron chi connectivity index (χ4n) is 1.76. The highest BCUT2D eigenvalue weighted by Gasteiger charge is 2.19. The second-order valence-electron chi connectivity index (χ2n) is 4.13. The first-order valence-corrected chi connectivity index (χ1v) is 6.64. The van der Waals surface area contributed by atoms with E-state index in [1.165, 1.54) is 0 Å². The average Bonchev–Trinajstić information content (AvgIpc) is 2.35. The van der Waals surface area contributed by atoms with Gasteiger partial charge < -0.3 is 18.9 Å². The zero-order valence-corrected chi connectivity index (χ0v) is 12.5. The number of ether oxygens (including phenoxy) is 4. The molecule has 0 saturated heterocycles. The largest absolute Gasteiger partial charge is 0.383 e. The molecule has 5 heteroatoms. The fraction of sp³-hybridized carbons (Fsp3) is 1.00. The number of rotatable bonds is 12. The second-order valence-corrected chi connectivity index (χ2v) is 4.13. The van der Waals surface area contributed by atoms with E-state index in [4.69, 9.17) is 18.9 Å². The van der Waals surface area contributed by atoms with Crippen molar-refractivity contribution in [1.29, 1.82) is 0 Å². The summed E-state index contributed by atoms with van der Waals surface area (Å²) in [7, 11) is 3.43. The summed E-state index contributed by atoms with van der Waals surface area (Å²) in [6, 6.07) is 0.313. The van der Waals surface area contributed by atoms with Gasteiger partial charge in [0.2, 0.25) is 0 Å². The summed E-state index contributed by atoms with van der Waals surface area (Å²) >= 11 is 0. The van der Waals surface area contributed by atoms with Crippen molar-refractivity contribution in [2.45, 2.75) is 33.1 Å². The molecule has 0 amide bonds. The Labute approximate surface area is 111 Å². The molecule has 0 aromatic carbocycles. The Balaban J connectivity index is 4.32. The molecule has 0 radical (unpaired) electrons. The molecular formula is C13H29NO4. The van der Waals surface area contributed by atoms with Gasteiger partial charge in [-0.3, -0.25) is 4.90 Å². The average molecular weight is 263 g/mol. The van der Waals surface area contributed by atoms with Crippen LogP contribution in [0.1, 0.15) is 20.8 Å². The monoisotopic (exact) mass is 263 g/mol. The van der Waals surface area contributed by atoms with Gasteiger partial charge in [-0.2, -0.15) is 0 Å². The van der Waals surface area contributed by atoms with Crippen LogP contribution in [0.4, 0.5) is 0 Å². The Bertz CT molecular complexity index is 174. The van der Waals surface area contributed by atoms with Crippen LogP contribution in [0, 0.1) is 0 Å². The van der Waals surface area contributed by atoms with Gasteiger partial charge in [0, 0.05) is 46.6 Å². The Kier molecular flexibility index (Phi) is 11.7. The predicted octanol–water partition coefficient (Wildman–Crippen LogP) is 1.37. The van der Waals surface area contributed by atoms with Gasteiger partial charge in [-0.15, -0.1) is 0 Å². The molecule has 0 fully saturated rings. The molecule has 0 aliphatic carbocycles. The van der Waals surface area contributed by atoms with E-state index in [9.17, 15) is 0 Å². The lowest BCUT2D eigenvalue weighted by atomic mass is 10.3. The third-order valence-electron chi connectivity index (χ3n) is 2.70. The number of hydrogen-bond donors (Lipinski definition) is 0. The highest BCUT2D eigenvalue weighted by atomic mass is 16.7. The molecule has 110 valence electrons. The second kappa shape index (κ2) is 11.9. The van der Waals surface area contributed by atoms with Crippen LogP contribution in [0.15, 0.2) is 0 Å². The Hall–Kier alpha value is -0.200. The van der Waals surface area contributed by atoms with Crippen molar-refractivity contribution in [3.8, 4) is 0 Å². The third kappa shape index (κ3) is 8.00. The number of nitrogens with zero attached hydrogens (tertiary/aromatic N) is 1. The summed E-state index contributed by atoms with van der Waals surface area (Å²) in [5, 5.41) is 0. The maximum atomic E-state index is 5.58. The van der Waals surface area contributed by atoms with E-state index in [0.717, 1.165) is 13.1 Å². The molecule has 0 aromatic heterocycles. The van der Waals surface area contributed by atoms with E-state index < -0.39 is 0 Å². The Morgan fingerprint density at radius 1 is 1.00 bits per heavy atom. The molecule has 0 aliphatic rings. The van der Waals surface area contributed by atoms with Crippen LogP contribution in [0.25, 0.3) is 0 Å². The minimum atomic E-state index is -0.184. The normalized spacial score (nSPS) is 13.5. The minimum Gasteiger partial charge on any atom is -0.383 e. The minimum absolute atomic E-state index is 0.184.